The van der Waals surface area contributed by atoms with Gasteiger partial charge in [0.15, 0.2) is 6.10 Å². The predicted molar refractivity (Wildman–Crippen MR) is 288 cm³/mol. The Balaban J connectivity index is 4.25. The third kappa shape index (κ3) is 54.7. The first-order valence-electron chi connectivity index (χ1n) is 29.5. The molecule has 0 saturated carbocycles. The summed E-state index contributed by atoms with van der Waals surface area (Å²) in [6, 6.07) is 0. The van der Waals surface area contributed by atoms with Crippen molar-refractivity contribution in [2.45, 2.75) is 322 Å². The first-order chi connectivity index (χ1) is 32.6. The van der Waals surface area contributed by atoms with E-state index in [1.54, 1.807) is 0 Å². The number of hydrogen-bond acceptors (Lipinski definition) is 5. The summed E-state index contributed by atoms with van der Waals surface area (Å²) in [6.07, 6.45) is 70.2. The molecule has 0 aromatic heterocycles. The van der Waals surface area contributed by atoms with Crippen molar-refractivity contribution in [2.75, 3.05) is 19.8 Å². The monoisotopic (exact) mass is 927 g/mol. The van der Waals surface area contributed by atoms with E-state index in [1.165, 1.54) is 231 Å². The van der Waals surface area contributed by atoms with E-state index >= 15 is 0 Å². The van der Waals surface area contributed by atoms with Gasteiger partial charge in [-0.05, 0) is 96.3 Å². The zero-order valence-electron chi connectivity index (χ0n) is 44.7. The van der Waals surface area contributed by atoms with Crippen LogP contribution in [-0.4, -0.2) is 37.9 Å². The predicted octanol–water partition coefficient (Wildman–Crippen LogP) is 20.1. The minimum absolute atomic E-state index is 0.0826. The highest BCUT2D eigenvalue weighted by atomic mass is 16.6. The molecule has 0 radical (unpaired) electrons. The van der Waals surface area contributed by atoms with Crippen LogP contribution in [0.2, 0.25) is 0 Å². The van der Waals surface area contributed by atoms with Crippen molar-refractivity contribution in [2.24, 2.45) is 0 Å². The molecule has 0 heterocycles. The molecule has 0 aliphatic carbocycles. The Bertz CT molecular complexity index is 1050. The molecule has 0 N–H and O–H groups in total. The van der Waals surface area contributed by atoms with Crippen LogP contribution in [0, 0.1) is 0 Å². The molecule has 0 bridgehead atoms. The largest absolute Gasteiger partial charge is 0.462 e. The molecule has 0 fully saturated rings. The van der Waals surface area contributed by atoms with Crippen LogP contribution in [0.25, 0.3) is 0 Å². The van der Waals surface area contributed by atoms with E-state index in [-0.39, 0.29) is 25.2 Å². The number of esters is 2. The van der Waals surface area contributed by atoms with E-state index in [0.717, 1.165) is 51.4 Å². The van der Waals surface area contributed by atoms with Crippen molar-refractivity contribution in [3.8, 4) is 0 Å². The van der Waals surface area contributed by atoms with Gasteiger partial charge in [0.2, 0.25) is 0 Å². The van der Waals surface area contributed by atoms with Crippen molar-refractivity contribution in [1.82, 2.24) is 0 Å². The summed E-state index contributed by atoms with van der Waals surface area (Å²) in [7, 11) is 0. The number of carbonyl (C=O) groups is 2. The maximum atomic E-state index is 12.9. The Hall–Kier alpha value is -1.88. The van der Waals surface area contributed by atoms with Gasteiger partial charge in [0.05, 0.1) is 6.61 Å². The molecule has 0 aromatic carbocycles. The Kier molecular flexibility index (Phi) is 55.8. The van der Waals surface area contributed by atoms with Crippen LogP contribution in [0.3, 0.4) is 0 Å². The molecule has 1 atom stereocenters. The zero-order chi connectivity index (χ0) is 47.7. The molecule has 0 aliphatic heterocycles. The third-order valence-corrected chi connectivity index (χ3v) is 13.1. The van der Waals surface area contributed by atoms with Gasteiger partial charge in [-0.1, -0.05) is 243 Å². The second-order valence-electron chi connectivity index (χ2n) is 19.9. The fourth-order valence-electron chi connectivity index (χ4n) is 8.67. The second-order valence-corrected chi connectivity index (χ2v) is 19.9. The summed E-state index contributed by atoms with van der Waals surface area (Å²) < 4.78 is 17.5. The molecule has 0 spiro atoms. The average molecular weight is 928 g/mol. The van der Waals surface area contributed by atoms with Crippen LogP contribution in [0.15, 0.2) is 36.5 Å². The number of carbonyl (C=O) groups excluding carboxylic acids is 2. The second kappa shape index (κ2) is 57.4. The molecule has 66 heavy (non-hydrogen) atoms. The maximum Gasteiger partial charge on any atom is 0.306 e. The zero-order valence-corrected chi connectivity index (χ0v) is 44.7. The topological polar surface area (TPSA) is 61.8 Å². The van der Waals surface area contributed by atoms with E-state index in [1.807, 2.05) is 0 Å². The van der Waals surface area contributed by atoms with Crippen LogP contribution in [-0.2, 0) is 23.8 Å². The quantitative estimate of drug-likeness (QED) is 0.0345. The Labute approximate surface area is 412 Å². The summed E-state index contributed by atoms with van der Waals surface area (Å²) in [4.78, 5) is 25.5. The van der Waals surface area contributed by atoms with Gasteiger partial charge in [-0.3, -0.25) is 9.59 Å². The first kappa shape index (κ1) is 64.1. The van der Waals surface area contributed by atoms with Gasteiger partial charge in [-0.25, -0.2) is 0 Å². The highest BCUT2D eigenvalue weighted by molar-refractivity contribution is 5.70. The Morgan fingerprint density at radius 1 is 0.318 bits per heavy atom. The van der Waals surface area contributed by atoms with E-state index in [9.17, 15) is 9.59 Å². The van der Waals surface area contributed by atoms with Crippen molar-refractivity contribution in [3.05, 3.63) is 36.5 Å². The molecule has 0 saturated heterocycles. The SMILES string of the molecule is CCCCCCCC/C=C\CCCCCCCCCCOCC(COC(=O)CCCCCCCCC/C=C\CCCCCCCC)OC(=O)CCCCCCC/C=C\CCCCCCCC. The molecule has 0 aromatic rings. The van der Waals surface area contributed by atoms with E-state index in [0.29, 0.717) is 19.4 Å². The molecule has 1 unspecified atom stereocenters. The van der Waals surface area contributed by atoms with Gasteiger partial charge in [0.1, 0.15) is 6.61 Å². The van der Waals surface area contributed by atoms with E-state index in [4.69, 9.17) is 14.2 Å². The number of unbranched alkanes of at least 4 members (excludes halogenated alkanes) is 38. The molecular weight excluding hydrogens is 813 g/mol. The fraction of sp³-hybridized carbons (Fsp3) is 0.869. The lowest BCUT2D eigenvalue weighted by molar-refractivity contribution is -0.163. The van der Waals surface area contributed by atoms with Crippen molar-refractivity contribution in [1.29, 1.82) is 0 Å². The highest BCUT2D eigenvalue weighted by Gasteiger charge is 2.17. The smallest absolute Gasteiger partial charge is 0.306 e. The van der Waals surface area contributed by atoms with Crippen LogP contribution in [0.4, 0.5) is 0 Å². The van der Waals surface area contributed by atoms with Crippen LogP contribution < -0.4 is 0 Å². The lowest BCUT2D eigenvalue weighted by Gasteiger charge is -2.18. The van der Waals surface area contributed by atoms with Crippen molar-refractivity contribution >= 4 is 11.9 Å². The number of rotatable bonds is 55. The van der Waals surface area contributed by atoms with E-state index < -0.39 is 6.10 Å². The van der Waals surface area contributed by atoms with E-state index in [2.05, 4.69) is 57.2 Å². The minimum Gasteiger partial charge on any atom is -0.462 e. The van der Waals surface area contributed by atoms with Gasteiger partial charge in [-0.2, -0.15) is 0 Å². The van der Waals surface area contributed by atoms with Crippen LogP contribution in [0.1, 0.15) is 316 Å². The van der Waals surface area contributed by atoms with Crippen LogP contribution >= 0.6 is 0 Å². The molecule has 0 amide bonds. The number of hydrogen-bond donors (Lipinski definition) is 0. The molecule has 0 rings (SSSR count). The van der Waals surface area contributed by atoms with Gasteiger partial charge >= 0.3 is 11.9 Å². The van der Waals surface area contributed by atoms with Gasteiger partial charge in [-0.15, -0.1) is 0 Å². The Morgan fingerprint density at radius 3 is 0.924 bits per heavy atom. The molecular formula is C61H114O5. The molecule has 5 heteroatoms. The van der Waals surface area contributed by atoms with Gasteiger partial charge in [0, 0.05) is 19.4 Å². The summed E-state index contributed by atoms with van der Waals surface area (Å²) in [5, 5.41) is 0. The lowest BCUT2D eigenvalue weighted by atomic mass is 10.1. The number of ether oxygens (including phenoxy) is 3. The number of allylic oxidation sites excluding steroid dienone is 6. The molecule has 5 nitrogen and oxygen atoms in total. The molecule has 388 valence electrons. The standard InChI is InChI=1S/C61H114O5/c1-4-7-10-13-16-19-22-25-28-30-32-35-38-41-44-47-50-53-56-64-57-59(66-61(63)55-52-49-46-43-40-37-33-27-24-21-18-15-12-9-6-3)58-65-60(62)54-51-48-45-42-39-36-34-31-29-26-23-20-17-14-11-8-5-2/h25-29,33,59H,4-24,30-32,34-58H2,1-3H3/b28-25-,29-26-,33-27-. The van der Waals surface area contributed by atoms with Crippen molar-refractivity contribution < 1.29 is 23.8 Å². The summed E-state index contributed by atoms with van der Waals surface area (Å²) in [6.45, 7) is 7.85. The minimum atomic E-state index is -0.541. The maximum absolute atomic E-state index is 12.9. The average Bonchev–Trinajstić information content (AvgIpc) is 3.32. The van der Waals surface area contributed by atoms with Crippen LogP contribution in [0.5, 0.6) is 0 Å². The van der Waals surface area contributed by atoms with Crippen molar-refractivity contribution in [3.63, 3.8) is 0 Å². The first-order valence-corrected chi connectivity index (χ1v) is 29.5. The summed E-state index contributed by atoms with van der Waals surface area (Å²) in [5.74, 6) is -0.397. The fourth-order valence-corrected chi connectivity index (χ4v) is 8.67. The highest BCUT2D eigenvalue weighted by Crippen LogP contribution is 2.15. The summed E-state index contributed by atoms with van der Waals surface area (Å²) in [5.41, 5.74) is 0. The summed E-state index contributed by atoms with van der Waals surface area (Å²) >= 11 is 0. The third-order valence-electron chi connectivity index (χ3n) is 13.1. The Morgan fingerprint density at radius 2 is 0.591 bits per heavy atom. The van der Waals surface area contributed by atoms with Gasteiger partial charge < -0.3 is 14.2 Å². The lowest BCUT2D eigenvalue weighted by Crippen LogP contribution is -2.30. The molecule has 0 aliphatic rings. The van der Waals surface area contributed by atoms with Gasteiger partial charge in [0.25, 0.3) is 0 Å². The normalized spacial score (nSPS) is 12.3.